The van der Waals surface area contributed by atoms with Crippen LogP contribution in [0.3, 0.4) is 0 Å². The molecule has 0 unspecified atom stereocenters. The molecule has 25 heavy (non-hydrogen) atoms. The van der Waals surface area contributed by atoms with Crippen LogP contribution in [0.15, 0.2) is 6.07 Å². The molecule has 1 aliphatic rings. The maximum atomic E-state index is 11.8. The number of amides is 1. The number of carbonyl (C=O) groups is 1. The molecule has 8 nitrogen and oxygen atoms in total. The zero-order chi connectivity index (χ0) is 17.6. The van der Waals surface area contributed by atoms with Gasteiger partial charge in [-0.15, -0.1) is 0 Å². The maximum Gasteiger partial charge on any atom is 0.229 e. The van der Waals surface area contributed by atoms with Crippen LogP contribution in [0.1, 0.15) is 25.0 Å². The van der Waals surface area contributed by atoms with Gasteiger partial charge in [-0.1, -0.05) is 0 Å². The lowest BCUT2D eigenvalue weighted by molar-refractivity contribution is -0.121. The van der Waals surface area contributed by atoms with Crippen molar-refractivity contribution in [3.63, 3.8) is 0 Å². The van der Waals surface area contributed by atoms with Crippen LogP contribution in [-0.2, 0) is 9.53 Å². The third-order valence-corrected chi connectivity index (χ3v) is 4.27. The van der Waals surface area contributed by atoms with Gasteiger partial charge in [0.15, 0.2) is 0 Å². The summed E-state index contributed by atoms with van der Waals surface area (Å²) in [6, 6.07) is 2.03. The van der Waals surface area contributed by atoms with Crippen molar-refractivity contribution in [3.05, 3.63) is 11.8 Å². The zero-order valence-electron chi connectivity index (χ0n) is 14.9. The first-order valence-corrected chi connectivity index (χ1v) is 8.79. The Morgan fingerprint density at radius 1 is 1.32 bits per heavy atom. The van der Waals surface area contributed by atoms with E-state index < -0.39 is 0 Å². The van der Waals surface area contributed by atoms with Gasteiger partial charge in [-0.3, -0.25) is 4.79 Å². The Balaban J connectivity index is 1.67. The third-order valence-electron chi connectivity index (χ3n) is 4.27. The first-order chi connectivity index (χ1) is 12.2. The summed E-state index contributed by atoms with van der Waals surface area (Å²) in [6.45, 7) is 5.56. The van der Waals surface area contributed by atoms with Crippen LogP contribution < -0.4 is 15.5 Å². The highest BCUT2D eigenvalue weighted by Crippen LogP contribution is 2.25. The van der Waals surface area contributed by atoms with Gasteiger partial charge in [0.25, 0.3) is 0 Å². The van der Waals surface area contributed by atoms with Gasteiger partial charge in [0.05, 0.1) is 12.0 Å². The average Bonchev–Trinajstić information content (AvgIpc) is 3.23. The number of carbonyl (C=O) groups excluding carboxylic acids is 1. The molecule has 1 aliphatic heterocycles. The Bertz CT molecular complexity index is 723. The Hall–Kier alpha value is -2.35. The van der Waals surface area contributed by atoms with Crippen LogP contribution in [0, 0.1) is 6.92 Å². The molecule has 0 aliphatic carbocycles. The van der Waals surface area contributed by atoms with E-state index in [1.165, 1.54) is 12.8 Å². The van der Waals surface area contributed by atoms with E-state index in [9.17, 15) is 4.79 Å². The SMILES string of the molecule is COCCNC(=O)CCNc1nc(N2CCCC2)nc2[nH]c(C)cc12. The van der Waals surface area contributed by atoms with Crippen LogP contribution in [-0.4, -0.2) is 60.8 Å². The third kappa shape index (κ3) is 4.39. The summed E-state index contributed by atoms with van der Waals surface area (Å²) < 4.78 is 4.92. The van der Waals surface area contributed by atoms with Crippen LogP contribution in [0.4, 0.5) is 11.8 Å². The highest BCUT2D eigenvalue weighted by molar-refractivity contribution is 5.89. The molecule has 2 aromatic heterocycles. The summed E-state index contributed by atoms with van der Waals surface area (Å²) in [7, 11) is 1.62. The molecule has 3 N–H and O–H groups in total. The number of ether oxygens (including phenoxy) is 1. The van der Waals surface area contributed by atoms with E-state index in [0.717, 1.165) is 41.6 Å². The minimum Gasteiger partial charge on any atom is -0.383 e. The summed E-state index contributed by atoms with van der Waals surface area (Å²) in [5, 5.41) is 7.07. The molecule has 0 radical (unpaired) electrons. The lowest BCUT2D eigenvalue weighted by Gasteiger charge is -2.16. The fourth-order valence-corrected chi connectivity index (χ4v) is 3.00. The molecule has 0 spiro atoms. The van der Waals surface area contributed by atoms with Gasteiger partial charge in [-0.05, 0) is 25.8 Å². The van der Waals surface area contributed by atoms with Gasteiger partial charge < -0.3 is 25.3 Å². The minimum atomic E-state index is -0.000124. The predicted octanol–water partition coefficient (Wildman–Crippen LogP) is 1.43. The number of aromatic nitrogens is 3. The normalized spacial score (nSPS) is 14.2. The number of anilines is 2. The van der Waals surface area contributed by atoms with E-state index in [1.807, 2.05) is 13.0 Å². The largest absolute Gasteiger partial charge is 0.383 e. The standard InChI is InChI=1S/C17H26N6O2/c1-12-11-13-15(19-6-5-14(24)18-7-10-25-2)21-17(22-16(13)20-12)23-8-3-4-9-23/h11H,3-10H2,1-2H3,(H,18,24)(H2,19,20,21,22). The number of hydrogen-bond donors (Lipinski definition) is 3. The number of H-pyrrole nitrogens is 1. The fourth-order valence-electron chi connectivity index (χ4n) is 3.00. The minimum absolute atomic E-state index is 0.000124. The van der Waals surface area contributed by atoms with Gasteiger partial charge in [-0.25, -0.2) is 0 Å². The molecule has 1 fully saturated rings. The van der Waals surface area contributed by atoms with Crippen molar-refractivity contribution in [1.82, 2.24) is 20.3 Å². The molecular weight excluding hydrogens is 320 g/mol. The molecule has 136 valence electrons. The molecule has 1 amide bonds. The van der Waals surface area contributed by atoms with Crippen molar-refractivity contribution < 1.29 is 9.53 Å². The molecule has 3 heterocycles. The fraction of sp³-hybridized carbons (Fsp3) is 0.588. The van der Waals surface area contributed by atoms with E-state index in [2.05, 4.69) is 25.5 Å². The van der Waals surface area contributed by atoms with Crippen molar-refractivity contribution in [3.8, 4) is 0 Å². The molecule has 2 aromatic rings. The highest BCUT2D eigenvalue weighted by atomic mass is 16.5. The molecule has 3 rings (SSSR count). The maximum absolute atomic E-state index is 11.8. The monoisotopic (exact) mass is 346 g/mol. The van der Waals surface area contributed by atoms with Crippen molar-refractivity contribution in [2.75, 3.05) is 50.1 Å². The van der Waals surface area contributed by atoms with E-state index in [1.54, 1.807) is 7.11 Å². The van der Waals surface area contributed by atoms with Gasteiger partial charge in [0.2, 0.25) is 11.9 Å². The highest BCUT2D eigenvalue weighted by Gasteiger charge is 2.18. The number of rotatable bonds is 8. The lowest BCUT2D eigenvalue weighted by Crippen LogP contribution is -2.28. The molecule has 0 bridgehead atoms. The zero-order valence-corrected chi connectivity index (χ0v) is 14.9. The molecule has 0 atom stereocenters. The summed E-state index contributed by atoms with van der Waals surface area (Å²) in [5.41, 5.74) is 1.88. The van der Waals surface area contributed by atoms with Gasteiger partial charge in [0.1, 0.15) is 11.5 Å². The number of fused-ring (bicyclic) bond motifs is 1. The molecule has 0 aromatic carbocycles. The van der Waals surface area contributed by atoms with E-state index in [4.69, 9.17) is 9.72 Å². The lowest BCUT2D eigenvalue weighted by atomic mass is 10.3. The number of methoxy groups -OCH3 is 1. The van der Waals surface area contributed by atoms with E-state index >= 15 is 0 Å². The average molecular weight is 346 g/mol. The Morgan fingerprint density at radius 3 is 2.88 bits per heavy atom. The van der Waals surface area contributed by atoms with Crippen LogP contribution in [0.25, 0.3) is 11.0 Å². The molecule has 0 saturated carbocycles. The molecule has 1 saturated heterocycles. The summed E-state index contributed by atoms with van der Waals surface area (Å²) in [5.74, 6) is 1.53. The Kier molecular flexibility index (Phi) is 5.70. The predicted molar refractivity (Wildman–Crippen MR) is 98.1 cm³/mol. The van der Waals surface area contributed by atoms with Crippen LogP contribution in [0.2, 0.25) is 0 Å². The number of aryl methyl sites for hydroxylation is 1. The van der Waals surface area contributed by atoms with Gasteiger partial charge in [0, 0.05) is 45.4 Å². The summed E-state index contributed by atoms with van der Waals surface area (Å²) in [6.07, 6.45) is 2.74. The molecule has 8 heteroatoms. The van der Waals surface area contributed by atoms with E-state index in [0.29, 0.717) is 26.1 Å². The Morgan fingerprint density at radius 2 is 2.12 bits per heavy atom. The second-order valence-electron chi connectivity index (χ2n) is 6.30. The van der Waals surface area contributed by atoms with Crippen molar-refractivity contribution >= 4 is 28.7 Å². The second kappa shape index (κ2) is 8.15. The van der Waals surface area contributed by atoms with Gasteiger partial charge in [-0.2, -0.15) is 9.97 Å². The van der Waals surface area contributed by atoms with Gasteiger partial charge >= 0.3 is 0 Å². The number of nitrogens with one attached hydrogen (secondary N) is 3. The van der Waals surface area contributed by atoms with Crippen molar-refractivity contribution in [2.45, 2.75) is 26.2 Å². The summed E-state index contributed by atoms with van der Waals surface area (Å²) in [4.78, 5) is 26.6. The van der Waals surface area contributed by atoms with Crippen molar-refractivity contribution in [2.24, 2.45) is 0 Å². The Labute approximate surface area is 147 Å². The number of nitrogens with zero attached hydrogens (tertiary/aromatic N) is 3. The number of aromatic amines is 1. The van der Waals surface area contributed by atoms with E-state index in [-0.39, 0.29) is 5.91 Å². The summed E-state index contributed by atoms with van der Waals surface area (Å²) >= 11 is 0. The second-order valence-corrected chi connectivity index (χ2v) is 6.30. The smallest absolute Gasteiger partial charge is 0.229 e. The topological polar surface area (TPSA) is 95.2 Å². The quantitative estimate of drug-likeness (QED) is 0.626. The number of hydrogen-bond acceptors (Lipinski definition) is 6. The van der Waals surface area contributed by atoms with Crippen molar-refractivity contribution in [1.29, 1.82) is 0 Å². The first kappa shape index (κ1) is 17.5. The van der Waals surface area contributed by atoms with Crippen LogP contribution in [0.5, 0.6) is 0 Å². The first-order valence-electron chi connectivity index (χ1n) is 8.79. The molecular formula is C17H26N6O2. The van der Waals surface area contributed by atoms with Crippen LogP contribution >= 0.6 is 0 Å².